The van der Waals surface area contributed by atoms with Crippen LogP contribution >= 0.6 is 0 Å². The molecule has 92 valence electrons. The summed E-state index contributed by atoms with van der Waals surface area (Å²) in [5.74, 6) is 0. The van der Waals surface area contributed by atoms with Crippen molar-refractivity contribution in [3.63, 3.8) is 0 Å². The lowest BCUT2D eigenvalue weighted by Crippen LogP contribution is -1.89. The Kier molecular flexibility index (Phi) is 2.57. The topological polar surface area (TPSA) is 41.1 Å². The smallest absolute Gasteiger partial charge is 0.152 e. The zero-order valence-electron chi connectivity index (χ0n) is 10.9. The first-order chi connectivity index (χ1) is 9.20. The molecule has 3 aromatic rings. The quantitative estimate of drug-likeness (QED) is 0.660. The van der Waals surface area contributed by atoms with E-state index in [9.17, 15) is 5.26 Å². The molecule has 0 spiro atoms. The van der Waals surface area contributed by atoms with Crippen LogP contribution < -0.4 is 0 Å². The van der Waals surface area contributed by atoms with Crippen LogP contribution in [0.25, 0.3) is 16.9 Å². The predicted octanol–water partition coefficient (Wildman–Crippen LogP) is 3.49. The molecule has 2 heterocycles. The van der Waals surface area contributed by atoms with Gasteiger partial charge in [-0.05, 0) is 43.2 Å². The monoisotopic (exact) mass is 247 g/mol. The number of imidazole rings is 1. The van der Waals surface area contributed by atoms with Crippen LogP contribution in [0.1, 0.15) is 16.8 Å². The van der Waals surface area contributed by atoms with Crippen molar-refractivity contribution in [1.29, 1.82) is 5.26 Å². The number of hydrogen-bond donors (Lipinski definition) is 0. The van der Waals surface area contributed by atoms with Crippen LogP contribution in [0.15, 0.2) is 42.6 Å². The first kappa shape index (κ1) is 11.5. The molecular weight excluding hydrogens is 234 g/mol. The van der Waals surface area contributed by atoms with Crippen molar-refractivity contribution in [3.8, 4) is 17.3 Å². The third kappa shape index (κ3) is 1.78. The second-order valence-corrected chi connectivity index (χ2v) is 4.65. The lowest BCUT2D eigenvalue weighted by Gasteiger charge is -2.03. The van der Waals surface area contributed by atoms with Gasteiger partial charge < -0.3 is 0 Å². The van der Waals surface area contributed by atoms with E-state index in [2.05, 4.69) is 37.0 Å². The second kappa shape index (κ2) is 4.25. The van der Waals surface area contributed by atoms with E-state index in [4.69, 9.17) is 0 Å². The molecule has 3 rings (SSSR count). The van der Waals surface area contributed by atoms with Gasteiger partial charge in [0.2, 0.25) is 0 Å². The minimum absolute atomic E-state index is 0.582. The van der Waals surface area contributed by atoms with Crippen LogP contribution in [0.2, 0.25) is 0 Å². The number of benzene rings is 1. The molecule has 3 nitrogen and oxygen atoms in total. The third-order valence-corrected chi connectivity index (χ3v) is 3.42. The van der Waals surface area contributed by atoms with E-state index in [1.165, 1.54) is 11.1 Å². The fourth-order valence-electron chi connectivity index (χ4n) is 2.19. The Morgan fingerprint density at radius 3 is 2.68 bits per heavy atom. The fraction of sp³-hybridized carbons (Fsp3) is 0.125. The lowest BCUT2D eigenvalue weighted by molar-refractivity contribution is 1.15. The summed E-state index contributed by atoms with van der Waals surface area (Å²) >= 11 is 0. The number of aryl methyl sites for hydroxylation is 2. The molecule has 0 radical (unpaired) electrons. The van der Waals surface area contributed by atoms with Crippen LogP contribution in [-0.2, 0) is 0 Å². The number of hydrogen-bond acceptors (Lipinski definition) is 2. The highest BCUT2D eigenvalue weighted by Gasteiger charge is 2.13. The molecule has 0 bridgehead atoms. The van der Waals surface area contributed by atoms with Gasteiger partial charge in [0.05, 0.1) is 0 Å². The number of nitrogens with zero attached hydrogens (tertiary/aromatic N) is 3. The molecule has 0 atom stereocenters. The van der Waals surface area contributed by atoms with Crippen molar-refractivity contribution in [3.05, 3.63) is 59.4 Å². The number of rotatable bonds is 1. The molecule has 1 aromatic carbocycles. The van der Waals surface area contributed by atoms with E-state index < -0.39 is 0 Å². The highest BCUT2D eigenvalue weighted by atomic mass is 15.0. The van der Waals surface area contributed by atoms with Crippen molar-refractivity contribution >= 4 is 5.65 Å². The van der Waals surface area contributed by atoms with Crippen molar-refractivity contribution in [1.82, 2.24) is 9.38 Å². The second-order valence-electron chi connectivity index (χ2n) is 4.65. The van der Waals surface area contributed by atoms with Gasteiger partial charge in [0, 0.05) is 11.8 Å². The summed E-state index contributed by atoms with van der Waals surface area (Å²) in [6.45, 7) is 4.15. The highest BCUT2D eigenvalue weighted by Crippen LogP contribution is 2.25. The summed E-state index contributed by atoms with van der Waals surface area (Å²) in [5.41, 5.74) is 5.57. The maximum absolute atomic E-state index is 9.38. The molecule has 0 saturated carbocycles. The van der Waals surface area contributed by atoms with Gasteiger partial charge in [-0.2, -0.15) is 5.26 Å². The first-order valence-electron chi connectivity index (χ1n) is 6.15. The lowest BCUT2D eigenvalue weighted by atomic mass is 10.0. The summed E-state index contributed by atoms with van der Waals surface area (Å²) in [6.07, 6.45) is 1.87. The molecule has 3 heteroatoms. The Labute approximate surface area is 111 Å². The van der Waals surface area contributed by atoms with Gasteiger partial charge in [-0.3, -0.25) is 4.40 Å². The molecular formula is C16H13N3. The zero-order valence-corrected chi connectivity index (χ0v) is 10.9. The van der Waals surface area contributed by atoms with Gasteiger partial charge in [0.25, 0.3) is 0 Å². The molecule has 0 N–H and O–H groups in total. The summed E-state index contributed by atoms with van der Waals surface area (Å²) in [5, 5.41) is 9.38. The van der Waals surface area contributed by atoms with Crippen molar-refractivity contribution in [2.45, 2.75) is 13.8 Å². The van der Waals surface area contributed by atoms with Gasteiger partial charge in [0.1, 0.15) is 17.4 Å². The molecule has 0 amide bonds. The number of pyridine rings is 1. The van der Waals surface area contributed by atoms with Crippen molar-refractivity contribution in [2.75, 3.05) is 0 Å². The van der Waals surface area contributed by atoms with Crippen LogP contribution in [0.5, 0.6) is 0 Å². The van der Waals surface area contributed by atoms with E-state index in [1.54, 1.807) is 0 Å². The van der Waals surface area contributed by atoms with E-state index in [0.717, 1.165) is 16.9 Å². The fourth-order valence-corrected chi connectivity index (χ4v) is 2.19. The Hall–Kier alpha value is -2.60. The van der Waals surface area contributed by atoms with Gasteiger partial charge in [0.15, 0.2) is 5.69 Å². The average molecular weight is 247 g/mol. The largest absolute Gasteiger partial charge is 0.291 e. The first-order valence-corrected chi connectivity index (χ1v) is 6.15. The molecule has 2 aromatic heterocycles. The minimum Gasteiger partial charge on any atom is -0.291 e. The van der Waals surface area contributed by atoms with Crippen LogP contribution in [0.3, 0.4) is 0 Å². The summed E-state index contributed by atoms with van der Waals surface area (Å²) < 4.78 is 1.82. The SMILES string of the molecule is Cc1ccc(-c2nc3ccccn3c2C#N)cc1C. The van der Waals surface area contributed by atoms with E-state index in [1.807, 2.05) is 34.9 Å². The van der Waals surface area contributed by atoms with Gasteiger partial charge in [-0.25, -0.2) is 4.98 Å². The average Bonchev–Trinajstić information content (AvgIpc) is 2.80. The van der Waals surface area contributed by atoms with Crippen LogP contribution in [0.4, 0.5) is 0 Å². The molecule has 0 aliphatic carbocycles. The molecule has 0 aliphatic heterocycles. The van der Waals surface area contributed by atoms with Gasteiger partial charge in [-0.1, -0.05) is 18.2 Å². The van der Waals surface area contributed by atoms with Gasteiger partial charge in [-0.15, -0.1) is 0 Å². The summed E-state index contributed by atoms with van der Waals surface area (Å²) in [7, 11) is 0. The molecule has 19 heavy (non-hydrogen) atoms. The van der Waals surface area contributed by atoms with Crippen molar-refractivity contribution in [2.24, 2.45) is 0 Å². The van der Waals surface area contributed by atoms with Gasteiger partial charge >= 0.3 is 0 Å². The van der Waals surface area contributed by atoms with Crippen LogP contribution in [0, 0.1) is 25.2 Å². The highest BCUT2D eigenvalue weighted by molar-refractivity contribution is 5.70. The Morgan fingerprint density at radius 1 is 1.11 bits per heavy atom. The zero-order chi connectivity index (χ0) is 13.4. The Bertz CT molecular complexity index is 806. The molecule has 0 unspecified atom stereocenters. The summed E-state index contributed by atoms with van der Waals surface area (Å²) in [4.78, 5) is 4.56. The Morgan fingerprint density at radius 2 is 1.95 bits per heavy atom. The maximum atomic E-state index is 9.38. The predicted molar refractivity (Wildman–Crippen MR) is 74.8 cm³/mol. The molecule has 0 saturated heterocycles. The number of nitriles is 1. The summed E-state index contributed by atoms with van der Waals surface area (Å²) in [6, 6.07) is 14.2. The molecule has 0 fully saturated rings. The minimum atomic E-state index is 0.582. The third-order valence-electron chi connectivity index (χ3n) is 3.42. The molecule has 0 aliphatic rings. The number of fused-ring (bicyclic) bond motifs is 1. The van der Waals surface area contributed by atoms with Crippen molar-refractivity contribution < 1.29 is 0 Å². The standard InChI is InChI=1S/C16H13N3/c1-11-6-7-13(9-12(11)2)16-14(10-17)19-8-4-3-5-15(19)18-16/h3-9H,1-2H3. The Balaban J connectivity index is 2.30. The van der Waals surface area contributed by atoms with E-state index in [-0.39, 0.29) is 0 Å². The van der Waals surface area contributed by atoms with E-state index in [0.29, 0.717) is 5.69 Å². The normalized spacial score (nSPS) is 10.6. The van der Waals surface area contributed by atoms with Crippen LogP contribution in [-0.4, -0.2) is 9.38 Å². The maximum Gasteiger partial charge on any atom is 0.152 e. The van der Waals surface area contributed by atoms with E-state index >= 15 is 0 Å². The number of aromatic nitrogens is 2.